The fraction of sp³-hybridized carbons (Fsp3) is 0.673. The van der Waals surface area contributed by atoms with Crippen molar-refractivity contribution in [1.82, 2.24) is 62.5 Å². The van der Waals surface area contributed by atoms with Crippen molar-refractivity contribution in [2.75, 3.05) is 25.1 Å². The normalized spacial score (nSPS) is 15.1. The number of aliphatic carboxylic acids is 2. The second-order valence-corrected chi connectivity index (χ2v) is 20.4. The lowest BCUT2D eigenvalue weighted by Crippen LogP contribution is -2.61. The molecule has 77 heavy (non-hydrogen) atoms. The largest absolute Gasteiger partial charge is 0.481 e. The Labute approximate surface area is 453 Å². The number of imidazole rings is 2. The number of aromatic amines is 2. The lowest BCUT2D eigenvalue weighted by molar-refractivity contribution is -0.142. The van der Waals surface area contributed by atoms with E-state index in [1.54, 1.807) is 13.8 Å². The molecule has 28 heteroatoms. The van der Waals surface area contributed by atoms with Crippen LogP contribution in [-0.2, 0) is 60.8 Å². The smallest absolute Gasteiger partial charge is 0.325 e. The minimum atomic E-state index is -1.42. The van der Waals surface area contributed by atoms with Crippen LogP contribution in [0.15, 0.2) is 25.0 Å². The first-order valence-corrected chi connectivity index (χ1v) is 27.4. The molecule has 0 unspecified atom stereocenters. The maximum atomic E-state index is 14.5. The number of amides is 8. The molecule has 0 fully saturated rings. The van der Waals surface area contributed by atoms with Crippen molar-refractivity contribution >= 4 is 71.0 Å². The van der Waals surface area contributed by atoms with Gasteiger partial charge in [0.15, 0.2) is 0 Å². The molecule has 0 spiro atoms. The van der Waals surface area contributed by atoms with Gasteiger partial charge in [-0.1, -0.05) is 34.1 Å². The molecule has 0 saturated carbocycles. The van der Waals surface area contributed by atoms with Crippen LogP contribution in [0, 0.1) is 11.8 Å². The molecule has 2 aromatic rings. The summed E-state index contributed by atoms with van der Waals surface area (Å²) in [5.41, 5.74) is 18.3. The molecule has 0 aromatic carbocycles. The number of nitrogens with two attached hydrogens (primary N) is 3. The van der Waals surface area contributed by atoms with Crippen molar-refractivity contribution in [3.05, 3.63) is 36.4 Å². The van der Waals surface area contributed by atoms with Gasteiger partial charge in [-0.05, 0) is 102 Å². The topological polar surface area (TPSA) is 443 Å². The molecule has 18 N–H and O–H groups in total. The zero-order valence-electron chi connectivity index (χ0n) is 45.0. The summed E-state index contributed by atoms with van der Waals surface area (Å²) in [6, 6.07) is -11.5. The number of H-pyrrole nitrogens is 2. The number of carboxylic acids is 2. The SMILES string of the molecule is CC[C@H](C)[C@H](NC(=O)[C@H](Cc1cnc[nH]1)NC(=O)[C@H](CCC(=O)O)NC(=O)[C@@H](N)CCSC)C(=O)N[C@@H](Cc1cnc[nH]1)C(=O)N[C@@H](CCCCN)C(=O)N[C@@H](CC(C)C)C(=O)N[C@@H](CCCCN)C(=O)N[C@@H](C)C(=O)O. The zero-order valence-corrected chi connectivity index (χ0v) is 45.8. The Morgan fingerprint density at radius 1 is 0.571 bits per heavy atom. The number of aromatic nitrogens is 4. The number of hydrogen-bond acceptors (Lipinski definition) is 16. The Morgan fingerprint density at radius 3 is 1.44 bits per heavy atom. The zero-order chi connectivity index (χ0) is 57.6. The predicted octanol–water partition coefficient (Wildman–Crippen LogP) is -1.80. The molecule has 8 amide bonds. The summed E-state index contributed by atoms with van der Waals surface area (Å²) in [7, 11) is 0. The quantitative estimate of drug-likeness (QED) is 0.0328. The number of thioether (sulfide) groups is 1. The summed E-state index contributed by atoms with van der Waals surface area (Å²) in [5, 5.41) is 39.9. The first-order valence-electron chi connectivity index (χ1n) is 26.0. The monoisotopic (exact) mass is 1110 g/mol. The van der Waals surface area contributed by atoms with Gasteiger partial charge in [-0.3, -0.25) is 47.9 Å². The lowest BCUT2D eigenvalue weighted by atomic mass is 9.96. The summed E-state index contributed by atoms with van der Waals surface area (Å²) in [6.07, 6.45) is 8.83. The molecule has 0 bridgehead atoms. The molecule has 2 heterocycles. The van der Waals surface area contributed by atoms with Crippen molar-refractivity contribution in [2.45, 2.75) is 172 Å². The Bertz CT molecular complexity index is 2190. The third-order valence-electron chi connectivity index (χ3n) is 12.5. The van der Waals surface area contributed by atoms with Crippen LogP contribution in [0.4, 0.5) is 0 Å². The van der Waals surface area contributed by atoms with Gasteiger partial charge in [-0.25, -0.2) is 9.97 Å². The summed E-state index contributed by atoms with van der Waals surface area (Å²) >= 11 is 1.46. The van der Waals surface area contributed by atoms with Crippen molar-refractivity contribution in [1.29, 1.82) is 0 Å². The Hall–Kier alpha value is -6.65. The van der Waals surface area contributed by atoms with Gasteiger partial charge in [0.2, 0.25) is 47.3 Å². The van der Waals surface area contributed by atoms with Crippen molar-refractivity contribution in [2.24, 2.45) is 29.0 Å². The molecule has 432 valence electrons. The van der Waals surface area contributed by atoms with E-state index in [4.69, 9.17) is 17.2 Å². The maximum Gasteiger partial charge on any atom is 0.325 e. The molecule has 0 aliphatic heterocycles. The molecular weight excluding hydrogens is 1020 g/mol. The van der Waals surface area contributed by atoms with Crippen LogP contribution < -0.4 is 59.7 Å². The number of nitrogens with zero attached hydrogens (tertiary/aromatic N) is 2. The van der Waals surface area contributed by atoms with Gasteiger partial charge in [0.1, 0.15) is 48.3 Å². The summed E-state index contributed by atoms with van der Waals surface area (Å²) in [5.74, 6) is -9.03. The molecule has 0 saturated heterocycles. The Balaban J connectivity index is 2.49. The van der Waals surface area contributed by atoms with E-state index >= 15 is 0 Å². The first-order chi connectivity index (χ1) is 36.5. The summed E-state index contributed by atoms with van der Waals surface area (Å²) in [4.78, 5) is 149. The van der Waals surface area contributed by atoms with Gasteiger partial charge in [-0.2, -0.15) is 11.8 Å². The van der Waals surface area contributed by atoms with E-state index in [0.717, 1.165) is 0 Å². The van der Waals surface area contributed by atoms with Crippen LogP contribution in [-0.4, -0.2) is 169 Å². The fourth-order valence-electron chi connectivity index (χ4n) is 7.75. The van der Waals surface area contributed by atoms with Crippen LogP contribution in [0.1, 0.15) is 117 Å². The van der Waals surface area contributed by atoms with E-state index in [1.165, 1.54) is 43.7 Å². The molecule has 27 nitrogen and oxygen atoms in total. The van der Waals surface area contributed by atoms with Gasteiger partial charge in [0.25, 0.3) is 0 Å². The van der Waals surface area contributed by atoms with E-state index in [2.05, 4.69) is 62.5 Å². The van der Waals surface area contributed by atoms with Gasteiger partial charge in [0, 0.05) is 43.0 Å². The maximum absolute atomic E-state index is 14.5. The van der Waals surface area contributed by atoms with Crippen molar-refractivity contribution < 1.29 is 58.2 Å². The lowest BCUT2D eigenvalue weighted by Gasteiger charge is -2.30. The molecule has 2 aromatic heterocycles. The molecular formula is C49H83N15O12S. The van der Waals surface area contributed by atoms with E-state index < -0.39 is 126 Å². The molecule has 10 atom stereocenters. The second kappa shape index (κ2) is 35.6. The Morgan fingerprint density at radius 2 is 1.00 bits per heavy atom. The van der Waals surface area contributed by atoms with Gasteiger partial charge < -0.3 is 79.9 Å². The number of carbonyl (C=O) groups is 10. The highest BCUT2D eigenvalue weighted by Gasteiger charge is 2.37. The van der Waals surface area contributed by atoms with Crippen molar-refractivity contribution in [3.8, 4) is 0 Å². The second-order valence-electron chi connectivity index (χ2n) is 19.4. The highest BCUT2D eigenvalue weighted by molar-refractivity contribution is 7.98. The average Bonchev–Trinajstić information content (AvgIpc) is 4.11. The number of nitrogens with one attached hydrogen (secondary N) is 10. The van der Waals surface area contributed by atoms with Gasteiger partial charge in [0.05, 0.1) is 18.7 Å². The van der Waals surface area contributed by atoms with E-state index in [9.17, 15) is 58.2 Å². The fourth-order valence-corrected chi connectivity index (χ4v) is 8.24. The van der Waals surface area contributed by atoms with E-state index in [-0.39, 0.29) is 57.4 Å². The van der Waals surface area contributed by atoms with Crippen LogP contribution in [0.25, 0.3) is 0 Å². The van der Waals surface area contributed by atoms with Crippen LogP contribution in [0.3, 0.4) is 0 Å². The average molecular weight is 1110 g/mol. The first kappa shape index (κ1) is 66.5. The van der Waals surface area contributed by atoms with Gasteiger partial charge >= 0.3 is 11.9 Å². The summed E-state index contributed by atoms with van der Waals surface area (Å²) < 4.78 is 0. The van der Waals surface area contributed by atoms with E-state index in [0.29, 0.717) is 55.8 Å². The number of carbonyl (C=O) groups excluding carboxylic acids is 8. The van der Waals surface area contributed by atoms with Gasteiger partial charge in [-0.15, -0.1) is 0 Å². The highest BCUT2D eigenvalue weighted by atomic mass is 32.2. The number of unbranched alkanes of at least 4 members (excludes halogenated alkanes) is 2. The molecule has 0 aliphatic carbocycles. The van der Waals surface area contributed by atoms with E-state index in [1.807, 2.05) is 20.1 Å². The predicted molar refractivity (Wildman–Crippen MR) is 286 cm³/mol. The molecule has 0 aliphatic rings. The minimum absolute atomic E-state index is 0.0490. The number of carboxylic acid groups (broad SMARTS) is 2. The Kier molecular flexibility index (Phi) is 30.8. The molecule has 2 rings (SSSR count). The number of rotatable bonds is 39. The highest BCUT2D eigenvalue weighted by Crippen LogP contribution is 2.14. The minimum Gasteiger partial charge on any atom is -0.481 e. The standard InChI is InChI=1S/C49H83N15O12S/c1-7-28(4)40(64-47(73)38(22-31-24-54-26-56-31)62-44(70)35(14-15-39(65)66)58-41(67)32(52)16-19-77-6)48(74)63-37(21-30-23-53-25-55-30)46(72)60-34(13-9-11-18-51)43(69)61-36(20-27(2)3)45(71)59-33(12-8-10-17-50)42(68)57-29(5)49(75)76/h23-29,32-38,40H,7-22,50-52H2,1-6H3,(H,53,55)(H,54,56)(H,57,68)(H,58,67)(H,59,71)(H,60,72)(H,61,69)(H,62,70)(H,63,74)(H,64,73)(H,65,66)(H,75,76)/t28-,29-,32-,33-,34-,35-,36-,37-,38-,40-/m0/s1. The van der Waals surface area contributed by atoms with Crippen LogP contribution >= 0.6 is 11.8 Å². The number of hydrogen-bond donors (Lipinski definition) is 15. The third kappa shape index (κ3) is 24.9. The van der Waals surface area contributed by atoms with Crippen LogP contribution in [0.2, 0.25) is 0 Å². The van der Waals surface area contributed by atoms with Crippen molar-refractivity contribution in [3.63, 3.8) is 0 Å². The molecule has 0 radical (unpaired) electrons. The van der Waals surface area contributed by atoms with Crippen LogP contribution in [0.5, 0.6) is 0 Å². The third-order valence-corrected chi connectivity index (χ3v) is 13.1. The summed E-state index contributed by atoms with van der Waals surface area (Å²) in [6.45, 7) is 8.93.